The van der Waals surface area contributed by atoms with Crippen LogP contribution in [-0.4, -0.2) is 0 Å². The molecule has 0 radical (unpaired) electrons. The molecule has 0 heterocycles. The van der Waals surface area contributed by atoms with Gasteiger partial charge in [0.05, 0.1) is 0 Å². The number of rotatable bonds is 0. The summed E-state index contributed by atoms with van der Waals surface area (Å²) in [4.78, 5) is 0. The first-order valence-electron chi connectivity index (χ1n) is 4.47. The molecule has 0 aromatic rings. The molecule has 2 aliphatic carbocycles. The van der Waals surface area contributed by atoms with Crippen LogP contribution in [0.25, 0.3) is 0 Å². The van der Waals surface area contributed by atoms with Crippen LogP contribution >= 0.6 is 0 Å². The predicted molar refractivity (Wildman–Crippen MR) is 39.3 cm³/mol. The van der Waals surface area contributed by atoms with Crippen molar-refractivity contribution in [2.24, 2.45) is 11.8 Å². The Labute approximate surface area is 57.6 Å². The first-order valence-corrected chi connectivity index (χ1v) is 4.47. The first kappa shape index (κ1) is 5.76. The molecule has 0 aromatic heterocycles. The normalized spacial score (nSPS) is 42.7. The van der Waals surface area contributed by atoms with E-state index in [4.69, 9.17) is 0 Å². The van der Waals surface area contributed by atoms with E-state index in [1.807, 2.05) is 0 Å². The van der Waals surface area contributed by atoms with Gasteiger partial charge in [0.15, 0.2) is 0 Å². The highest BCUT2D eigenvalue weighted by Gasteiger charge is 2.28. The smallest absolute Gasteiger partial charge is 0.0386 e. The molecule has 0 amide bonds. The molecule has 0 nitrogen and oxygen atoms in total. The van der Waals surface area contributed by atoms with Crippen LogP contribution < -0.4 is 0 Å². The molecule has 0 heteroatoms. The van der Waals surface area contributed by atoms with Crippen molar-refractivity contribution in [1.29, 1.82) is 0 Å². The van der Waals surface area contributed by atoms with E-state index < -0.39 is 0 Å². The molecule has 0 aromatic carbocycles. The minimum absolute atomic E-state index is 1.17. The van der Waals surface area contributed by atoms with E-state index >= 15 is 0 Å². The molecule has 2 aliphatic rings. The second kappa shape index (κ2) is 2.32. The standard InChI is InChI=1S/C9H16/c1-2-5-9-7-3-6-8(9)4-1/h8-9H,1-7H2/t8-,9?/m1/s1. The van der Waals surface area contributed by atoms with Crippen molar-refractivity contribution in [3.8, 4) is 0 Å². The number of fused-ring (bicyclic) bond motifs is 1. The first-order chi connectivity index (χ1) is 4.47. The Hall–Kier alpha value is 0. The van der Waals surface area contributed by atoms with E-state index in [0.29, 0.717) is 0 Å². The fraction of sp³-hybridized carbons (Fsp3) is 1.00. The lowest BCUT2D eigenvalue weighted by Gasteiger charge is -2.24. The molecule has 0 aliphatic heterocycles. The SMILES string of the molecule is C1CC[C@@H]2CCCC2C1. The van der Waals surface area contributed by atoms with E-state index in [9.17, 15) is 0 Å². The molecule has 52 valence electrons. The van der Waals surface area contributed by atoms with Gasteiger partial charge in [-0.3, -0.25) is 0 Å². The van der Waals surface area contributed by atoms with Gasteiger partial charge in [-0.2, -0.15) is 0 Å². The van der Waals surface area contributed by atoms with Crippen LogP contribution in [0.3, 0.4) is 0 Å². The zero-order valence-corrected chi connectivity index (χ0v) is 6.10. The molecule has 0 bridgehead atoms. The number of hydrogen-bond acceptors (Lipinski definition) is 0. The van der Waals surface area contributed by atoms with Crippen molar-refractivity contribution in [1.82, 2.24) is 0 Å². The number of hydrogen-bond donors (Lipinski definition) is 0. The van der Waals surface area contributed by atoms with Crippen molar-refractivity contribution < 1.29 is 0 Å². The van der Waals surface area contributed by atoms with Crippen LogP contribution in [0.2, 0.25) is 0 Å². The maximum atomic E-state index is 1.56. The summed E-state index contributed by atoms with van der Waals surface area (Å²) >= 11 is 0. The summed E-state index contributed by atoms with van der Waals surface area (Å²) in [7, 11) is 0. The summed E-state index contributed by atoms with van der Waals surface area (Å²) in [6, 6.07) is 0. The lowest BCUT2D eigenvalue weighted by atomic mass is 9.82. The van der Waals surface area contributed by atoms with Crippen molar-refractivity contribution in [2.45, 2.75) is 44.9 Å². The summed E-state index contributed by atoms with van der Waals surface area (Å²) in [5.74, 6) is 2.33. The summed E-state index contributed by atoms with van der Waals surface area (Å²) in [6.07, 6.45) is 10.8. The molecular weight excluding hydrogens is 108 g/mol. The van der Waals surface area contributed by atoms with Crippen LogP contribution in [0.4, 0.5) is 0 Å². The topological polar surface area (TPSA) is 0 Å². The minimum Gasteiger partial charge on any atom is -0.0530 e. The van der Waals surface area contributed by atoms with Crippen LogP contribution in [0.15, 0.2) is 0 Å². The zero-order chi connectivity index (χ0) is 6.10. The van der Waals surface area contributed by atoms with Crippen molar-refractivity contribution in [3.05, 3.63) is 0 Å². The van der Waals surface area contributed by atoms with E-state index in [-0.39, 0.29) is 0 Å². The van der Waals surface area contributed by atoms with Gasteiger partial charge in [0, 0.05) is 0 Å². The highest BCUT2D eigenvalue weighted by atomic mass is 14.3. The van der Waals surface area contributed by atoms with E-state index in [0.717, 1.165) is 0 Å². The third-order valence-corrected chi connectivity index (χ3v) is 3.22. The quantitative estimate of drug-likeness (QED) is 0.465. The fourth-order valence-electron chi connectivity index (χ4n) is 2.69. The van der Waals surface area contributed by atoms with Gasteiger partial charge in [0.1, 0.15) is 0 Å². The van der Waals surface area contributed by atoms with Gasteiger partial charge in [-0.25, -0.2) is 0 Å². The highest BCUT2D eigenvalue weighted by Crippen LogP contribution is 2.41. The molecule has 1 unspecified atom stereocenters. The summed E-state index contributed by atoms with van der Waals surface area (Å²) in [5, 5.41) is 0. The molecular formula is C9H16. The van der Waals surface area contributed by atoms with E-state index in [2.05, 4.69) is 0 Å². The van der Waals surface area contributed by atoms with Crippen LogP contribution in [0.5, 0.6) is 0 Å². The second-order valence-corrected chi connectivity index (χ2v) is 3.74. The molecule has 0 saturated heterocycles. The Morgan fingerprint density at radius 1 is 0.556 bits per heavy atom. The van der Waals surface area contributed by atoms with Gasteiger partial charge in [-0.05, 0) is 11.8 Å². The van der Waals surface area contributed by atoms with Gasteiger partial charge in [-0.15, -0.1) is 0 Å². The predicted octanol–water partition coefficient (Wildman–Crippen LogP) is 2.98. The maximum Gasteiger partial charge on any atom is -0.0386 e. The van der Waals surface area contributed by atoms with E-state index in [1.165, 1.54) is 31.1 Å². The van der Waals surface area contributed by atoms with Crippen LogP contribution in [0.1, 0.15) is 44.9 Å². The van der Waals surface area contributed by atoms with Crippen LogP contribution in [0, 0.1) is 11.8 Å². The van der Waals surface area contributed by atoms with Crippen molar-refractivity contribution >= 4 is 0 Å². The summed E-state index contributed by atoms with van der Waals surface area (Å²) in [6.45, 7) is 0. The summed E-state index contributed by atoms with van der Waals surface area (Å²) < 4.78 is 0. The molecule has 2 atom stereocenters. The molecule has 2 rings (SSSR count). The lowest BCUT2D eigenvalue weighted by molar-refractivity contribution is 0.277. The van der Waals surface area contributed by atoms with Crippen molar-refractivity contribution in [2.75, 3.05) is 0 Å². The average molecular weight is 124 g/mol. The van der Waals surface area contributed by atoms with Crippen LogP contribution in [-0.2, 0) is 0 Å². The molecule has 0 N–H and O–H groups in total. The Balaban J connectivity index is 1.97. The van der Waals surface area contributed by atoms with Gasteiger partial charge in [0.25, 0.3) is 0 Å². The Kier molecular flexibility index (Phi) is 1.48. The Bertz CT molecular complexity index is 84.2. The molecule has 0 spiro atoms. The lowest BCUT2D eigenvalue weighted by Crippen LogP contribution is -2.12. The Morgan fingerprint density at radius 2 is 1.00 bits per heavy atom. The molecule has 2 fully saturated rings. The Morgan fingerprint density at radius 3 is 1.56 bits per heavy atom. The largest absolute Gasteiger partial charge is 0.0530 e. The highest BCUT2D eigenvalue weighted by molar-refractivity contribution is 4.80. The molecule has 9 heavy (non-hydrogen) atoms. The van der Waals surface area contributed by atoms with Crippen molar-refractivity contribution in [3.63, 3.8) is 0 Å². The van der Waals surface area contributed by atoms with Gasteiger partial charge in [0.2, 0.25) is 0 Å². The monoisotopic (exact) mass is 124 g/mol. The zero-order valence-electron chi connectivity index (χ0n) is 6.10. The fourth-order valence-corrected chi connectivity index (χ4v) is 2.69. The third kappa shape index (κ3) is 0.997. The maximum absolute atomic E-state index is 1.56. The average Bonchev–Trinajstić information content (AvgIpc) is 2.33. The third-order valence-electron chi connectivity index (χ3n) is 3.22. The van der Waals surface area contributed by atoms with Gasteiger partial charge < -0.3 is 0 Å². The van der Waals surface area contributed by atoms with Gasteiger partial charge in [-0.1, -0.05) is 44.9 Å². The van der Waals surface area contributed by atoms with E-state index in [1.54, 1.807) is 25.7 Å². The second-order valence-electron chi connectivity index (χ2n) is 3.74. The van der Waals surface area contributed by atoms with Gasteiger partial charge >= 0.3 is 0 Å². The molecule has 2 saturated carbocycles. The minimum atomic E-state index is 1.17. The summed E-state index contributed by atoms with van der Waals surface area (Å²) in [5.41, 5.74) is 0.